The molecule has 3 N–H and O–H groups in total. The van der Waals surface area contributed by atoms with Crippen LogP contribution in [0.15, 0.2) is 23.2 Å². The predicted octanol–water partition coefficient (Wildman–Crippen LogP) is -0.191. The van der Waals surface area contributed by atoms with Gasteiger partial charge in [0.25, 0.3) is 0 Å². The molecule has 2 fully saturated rings. The zero-order valence-corrected chi connectivity index (χ0v) is 10.6. The van der Waals surface area contributed by atoms with Gasteiger partial charge in [-0.05, 0) is 30.9 Å². The van der Waals surface area contributed by atoms with E-state index < -0.39 is 15.6 Å². The number of aliphatic hydroxyl groups is 1. The number of sulfonamides is 1. The molecule has 0 unspecified atom stereocenters. The number of pyridine rings is 1. The molecule has 1 saturated carbocycles. The minimum Gasteiger partial charge on any atom is -0.387 e. The van der Waals surface area contributed by atoms with Crippen LogP contribution < -0.4 is 5.73 Å². The van der Waals surface area contributed by atoms with Gasteiger partial charge in [-0.1, -0.05) is 0 Å². The van der Waals surface area contributed by atoms with E-state index in [2.05, 4.69) is 4.98 Å². The van der Waals surface area contributed by atoms with Crippen molar-refractivity contribution in [1.29, 1.82) is 0 Å². The first-order valence-corrected chi connectivity index (χ1v) is 7.30. The van der Waals surface area contributed by atoms with Crippen molar-refractivity contribution in [2.24, 2.45) is 5.92 Å². The van der Waals surface area contributed by atoms with Gasteiger partial charge in [-0.25, -0.2) is 13.4 Å². The molecule has 6 nitrogen and oxygen atoms in total. The van der Waals surface area contributed by atoms with E-state index in [1.165, 1.54) is 22.6 Å². The fourth-order valence-electron chi connectivity index (χ4n) is 2.31. The van der Waals surface area contributed by atoms with Crippen LogP contribution in [0.5, 0.6) is 0 Å². The monoisotopic (exact) mass is 269 g/mol. The smallest absolute Gasteiger partial charge is 0.244 e. The highest BCUT2D eigenvalue weighted by Gasteiger charge is 2.55. The number of nitrogens with two attached hydrogens (primary N) is 1. The molecule has 98 valence electrons. The third-order valence-electron chi connectivity index (χ3n) is 3.63. The lowest BCUT2D eigenvalue weighted by molar-refractivity contribution is -0.0764. The summed E-state index contributed by atoms with van der Waals surface area (Å²) in [4.78, 5) is 3.90. The Kier molecular flexibility index (Phi) is 2.42. The summed E-state index contributed by atoms with van der Waals surface area (Å²) in [6.07, 6.45) is 3.24. The molecular weight excluding hydrogens is 254 g/mol. The number of hydrogen-bond acceptors (Lipinski definition) is 5. The number of nitrogens with zero attached hydrogens (tertiary/aromatic N) is 2. The molecular formula is C11H15N3O3S. The summed E-state index contributed by atoms with van der Waals surface area (Å²) in [6.45, 7) is 0.370. The normalized spacial score (nSPS) is 23.6. The maximum absolute atomic E-state index is 12.2. The Balaban J connectivity index is 1.78. The van der Waals surface area contributed by atoms with Crippen molar-refractivity contribution in [3.8, 4) is 0 Å². The SMILES string of the molecule is Nc1ccc(S(=O)(=O)N2CC(O)(C3CC3)C2)cn1. The lowest BCUT2D eigenvalue weighted by Gasteiger charge is -2.45. The van der Waals surface area contributed by atoms with E-state index in [1.807, 2.05) is 0 Å². The predicted molar refractivity (Wildman–Crippen MR) is 65.1 cm³/mol. The molecule has 7 heteroatoms. The number of anilines is 1. The molecule has 18 heavy (non-hydrogen) atoms. The standard InChI is InChI=1S/C11H15N3O3S/c12-10-4-3-9(5-13-10)18(16,17)14-6-11(15,7-14)8-1-2-8/h3-5,8,15H,1-2,6-7H2,(H2,12,13). The molecule has 3 rings (SSSR count). The van der Waals surface area contributed by atoms with Crippen molar-refractivity contribution in [2.75, 3.05) is 18.8 Å². The van der Waals surface area contributed by atoms with E-state index >= 15 is 0 Å². The molecule has 2 aliphatic rings. The Morgan fingerprint density at radius 2 is 2.06 bits per heavy atom. The minimum absolute atomic E-state index is 0.120. The Morgan fingerprint density at radius 1 is 1.39 bits per heavy atom. The van der Waals surface area contributed by atoms with Crippen LogP contribution in [0.25, 0.3) is 0 Å². The molecule has 1 saturated heterocycles. The van der Waals surface area contributed by atoms with Gasteiger partial charge in [0.2, 0.25) is 10.0 Å². The lowest BCUT2D eigenvalue weighted by atomic mass is 9.91. The molecule has 0 spiro atoms. The van der Waals surface area contributed by atoms with Crippen LogP contribution in [0.1, 0.15) is 12.8 Å². The second-order valence-corrected chi connectivity index (χ2v) is 7.01. The largest absolute Gasteiger partial charge is 0.387 e. The Labute approximate surface area is 105 Å². The number of rotatable bonds is 3. The number of β-amino-alcohol motifs (C(OH)–C–C–N with tert-alkyl or cyclic N) is 1. The van der Waals surface area contributed by atoms with E-state index in [0.717, 1.165) is 12.8 Å². The summed E-state index contributed by atoms with van der Waals surface area (Å²) in [5.41, 5.74) is 4.61. The fourth-order valence-corrected chi connectivity index (χ4v) is 3.82. The topological polar surface area (TPSA) is 96.5 Å². The zero-order chi connectivity index (χ0) is 13.0. The molecule has 0 amide bonds. The molecule has 0 aromatic carbocycles. The van der Waals surface area contributed by atoms with Gasteiger partial charge in [-0.2, -0.15) is 4.31 Å². The molecule has 0 bridgehead atoms. The molecule has 1 aliphatic carbocycles. The van der Waals surface area contributed by atoms with Crippen molar-refractivity contribution < 1.29 is 13.5 Å². The highest BCUT2D eigenvalue weighted by molar-refractivity contribution is 7.89. The highest BCUT2D eigenvalue weighted by atomic mass is 32.2. The van der Waals surface area contributed by atoms with Crippen LogP contribution in [0.3, 0.4) is 0 Å². The summed E-state index contributed by atoms with van der Waals surface area (Å²) in [7, 11) is -3.54. The van der Waals surface area contributed by atoms with Gasteiger partial charge in [-0.3, -0.25) is 0 Å². The first kappa shape index (κ1) is 11.9. The first-order valence-electron chi connectivity index (χ1n) is 5.86. The third-order valence-corrected chi connectivity index (χ3v) is 5.41. The highest BCUT2D eigenvalue weighted by Crippen LogP contribution is 2.45. The molecule has 0 atom stereocenters. The van der Waals surface area contributed by atoms with Crippen LogP contribution in [-0.4, -0.2) is 41.5 Å². The Bertz CT molecular complexity index is 560. The van der Waals surface area contributed by atoms with Crippen molar-refractivity contribution in [3.63, 3.8) is 0 Å². The van der Waals surface area contributed by atoms with E-state index in [4.69, 9.17) is 5.73 Å². The van der Waals surface area contributed by atoms with Gasteiger partial charge in [0.1, 0.15) is 10.7 Å². The van der Waals surface area contributed by atoms with Gasteiger partial charge >= 0.3 is 0 Å². The van der Waals surface area contributed by atoms with Gasteiger partial charge in [0.15, 0.2) is 0 Å². The lowest BCUT2D eigenvalue weighted by Crippen LogP contribution is -2.64. The average molecular weight is 269 g/mol. The number of hydrogen-bond donors (Lipinski definition) is 2. The summed E-state index contributed by atoms with van der Waals surface area (Å²) < 4.78 is 25.7. The number of nitrogen functional groups attached to an aromatic ring is 1. The molecule has 1 aromatic rings. The zero-order valence-electron chi connectivity index (χ0n) is 9.78. The van der Waals surface area contributed by atoms with Crippen LogP contribution in [0, 0.1) is 5.92 Å². The fraction of sp³-hybridized carbons (Fsp3) is 0.545. The third kappa shape index (κ3) is 1.79. The van der Waals surface area contributed by atoms with E-state index in [1.54, 1.807) is 0 Å². The van der Waals surface area contributed by atoms with Crippen LogP contribution in [0.4, 0.5) is 5.82 Å². The van der Waals surface area contributed by atoms with Gasteiger partial charge in [-0.15, -0.1) is 0 Å². The van der Waals surface area contributed by atoms with Gasteiger partial charge in [0, 0.05) is 19.3 Å². The van der Waals surface area contributed by atoms with Crippen LogP contribution >= 0.6 is 0 Å². The first-order chi connectivity index (χ1) is 8.42. The van der Waals surface area contributed by atoms with Gasteiger partial charge in [0.05, 0.1) is 5.60 Å². The molecule has 2 heterocycles. The second-order valence-electron chi connectivity index (χ2n) is 5.07. The maximum Gasteiger partial charge on any atom is 0.244 e. The maximum atomic E-state index is 12.2. The average Bonchev–Trinajstić information content (AvgIpc) is 3.09. The van der Waals surface area contributed by atoms with Gasteiger partial charge < -0.3 is 10.8 Å². The minimum atomic E-state index is -3.54. The molecule has 1 aromatic heterocycles. The van der Waals surface area contributed by atoms with Crippen molar-refractivity contribution >= 4 is 15.8 Å². The summed E-state index contributed by atoms with van der Waals surface area (Å²) in [6, 6.07) is 2.89. The van der Waals surface area contributed by atoms with Crippen molar-refractivity contribution in [3.05, 3.63) is 18.3 Å². The Hall–Kier alpha value is -1.18. The van der Waals surface area contributed by atoms with Crippen molar-refractivity contribution in [2.45, 2.75) is 23.3 Å². The van der Waals surface area contributed by atoms with Crippen molar-refractivity contribution in [1.82, 2.24) is 9.29 Å². The van der Waals surface area contributed by atoms with Crippen LogP contribution in [-0.2, 0) is 10.0 Å². The number of aromatic nitrogens is 1. The van der Waals surface area contributed by atoms with Crippen LogP contribution in [0.2, 0.25) is 0 Å². The Morgan fingerprint density at radius 3 is 2.56 bits per heavy atom. The van der Waals surface area contributed by atoms with E-state index in [9.17, 15) is 13.5 Å². The summed E-state index contributed by atoms with van der Waals surface area (Å²) in [5, 5.41) is 10.1. The second kappa shape index (κ2) is 3.66. The van der Waals surface area contributed by atoms with E-state index in [-0.39, 0.29) is 29.7 Å². The summed E-state index contributed by atoms with van der Waals surface area (Å²) in [5.74, 6) is 0.556. The summed E-state index contributed by atoms with van der Waals surface area (Å²) >= 11 is 0. The quantitative estimate of drug-likeness (QED) is 0.792. The van der Waals surface area contributed by atoms with E-state index in [0.29, 0.717) is 0 Å². The molecule has 0 radical (unpaired) electrons. The molecule has 1 aliphatic heterocycles.